The normalized spacial score (nSPS) is 12.3. The molecule has 2 aromatic rings. The van der Waals surface area contributed by atoms with Gasteiger partial charge in [-0.15, -0.1) is 0 Å². The first kappa shape index (κ1) is 16.1. The quantitative estimate of drug-likeness (QED) is 0.502. The van der Waals surface area contributed by atoms with E-state index in [-0.39, 0.29) is 5.97 Å². The number of esters is 1. The number of methoxy groups -OCH3 is 1. The molecule has 0 aliphatic rings. The van der Waals surface area contributed by atoms with Crippen LogP contribution >= 0.6 is 23.4 Å². The Balaban J connectivity index is 1.91. The number of halogens is 1. The second-order valence-electron chi connectivity index (χ2n) is 4.60. The van der Waals surface area contributed by atoms with E-state index >= 15 is 0 Å². The number of nitrogens with two attached hydrogens (primary N) is 1. The van der Waals surface area contributed by atoms with Crippen molar-refractivity contribution in [3.63, 3.8) is 0 Å². The molecular weight excluding hydrogens is 308 g/mol. The summed E-state index contributed by atoms with van der Waals surface area (Å²) in [5.41, 5.74) is 7.57. The molecule has 1 atom stereocenters. The number of para-hydroxylation sites is 1. The van der Waals surface area contributed by atoms with Gasteiger partial charge in [0.2, 0.25) is 0 Å². The van der Waals surface area contributed by atoms with Gasteiger partial charge in [-0.3, -0.25) is 4.79 Å². The third kappa shape index (κ3) is 4.33. The number of pyridine rings is 1. The van der Waals surface area contributed by atoms with E-state index in [2.05, 4.69) is 15.8 Å². The highest BCUT2D eigenvalue weighted by atomic mass is 35.5. The molecule has 4 nitrogen and oxygen atoms in total. The highest BCUT2D eigenvalue weighted by Gasteiger charge is 2.13. The van der Waals surface area contributed by atoms with Crippen LogP contribution in [0.25, 0.3) is 10.9 Å². The largest absolute Gasteiger partial charge is 0.468 e. The minimum Gasteiger partial charge on any atom is -0.468 e. The molecule has 1 unspecified atom stereocenters. The summed E-state index contributed by atoms with van der Waals surface area (Å²) >= 11 is 7.87. The molecule has 0 radical (unpaired) electrons. The SMILES string of the molecule is COC(=O)C(N)CCSCc1cc2ccccc2nc1Cl. The van der Waals surface area contributed by atoms with Crippen LogP contribution in [0, 0.1) is 0 Å². The van der Waals surface area contributed by atoms with E-state index in [0.717, 1.165) is 28.0 Å². The Hall–Kier alpha value is -1.30. The maximum absolute atomic E-state index is 11.2. The Kier molecular flexibility index (Phi) is 5.85. The first-order valence-electron chi connectivity index (χ1n) is 6.57. The van der Waals surface area contributed by atoms with Crippen molar-refractivity contribution >= 4 is 40.2 Å². The molecule has 0 spiro atoms. The first-order chi connectivity index (χ1) is 10.1. The van der Waals surface area contributed by atoms with E-state index in [1.54, 1.807) is 11.8 Å². The Bertz CT molecular complexity index is 636. The first-order valence-corrected chi connectivity index (χ1v) is 8.10. The third-order valence-corrected chi connectivity index (χ3v) is 4.45. The van der Waals surface area contributed by atoms with Gasteiger partial charge in [-0.05, 0) is 24.3 Å². The number of benzene rings is 1. The number of nitrogens with zero attached hydrogens (tertiary/aromatic N) is 1. The van der Waals surface area contributed by atoms with Crippen LogP contribution < -0.4 is 5.73 Å². The minimum atomic E-state index is -0.562. The Morgan fingerprint density at radius 2 is 2.24 bits per heavy atom. The highest BCUT2D eigenvalue weighted by Crippen LogP contribution is 2.24. The summed E-state index contributed by atoms with van der Waals surface area (Å²) in [6, 6.07) is 9.36. The zero-order valence-electron chi connectivity index (χ0n) is 11.7. The zero-order chi connectivity index (χ0) is 15.2. The molecular formula is C15H17ClN2O2S. The van der Waals surface area contributed by atoms with Crippen molar-refractivity contribution in [3.8, 4) is 0 Å². The molecule has 0 bridgehead atoms. The van der Waals surface area contributed by atoms with E-state index in [0.29, 0.717) is 11.6 Å². The van der Waals surface area contributed by atoms with Crippen molar-refractivity contribution in [2.45, 2.75) is 18.2 Å². The lowest BCUT2D eigenvalue weighted by molar-refractivity contribution is -0.142. The standard InChI is InChI=1S/C15H17ClN2O2S/c1-20-15(19)12(17)6-7-21-9-11-8-10-4-2-3-5-13(10)18-14(11)16/h2-5,8,12H,6-7,9,17H2,1H3. The summed E-state index contributed by atoms with van der Waals surface area (Å²) in [7, 11) is 1.34. The van der Waals surface area contributed by atoms with Crippen LogP contribution in [-0.2, 0) is 15.3 Å². The smallest absolute Gasteiger partial charge is 0.322 e. The number of carbonyl (C=O) groups excluding carboxylic acids is 1. The van der Waals surface area contributed by atoms with Crippen LogP contribution in [0.5, 0.6) is 0 Å². The van der Waals surface area contributed by atoms with Gasteiger partial charge in [0, 0.05) is 16.7 Å². The molecule has 1 aromatic heterocycles. The van der Waals surface area contributed by atoms with Gasteiger partial charge in [0.25, 0.3) is 0 Å². The van der Waals surface area contributed by atoms with Gasteiger partial charge in [-0.25, -0.2) is 4.98 Å². The van der Waals surface area contributed by atoms with E-state index in [1.807, 2.05) is 24.3 Å². The fourth-order valence-corrected chi connectivity index (χ4v) is 3.20. The minimum absolute atomic E-state index is 0.374. The lowest BCUT2D eigenvalue weighted by Crippen LogP contribution is -2.31. The number of hydrogen-bond acceptors (Lipinski definition) is 5. The van der Waals surface area contributed by atoms with Crippen LogP contribution in [0.1, 0.15) is 12.0 Å². The average molecular weight is 325 g/mol. The summed E-state index contributed by atoms with van der Waals surface area (Å²) in [6.07, 6.45) is 0.579. The molecule has 0 saturated heterocycles. The van der Waals surface area contributed by atoms with Crippen LogP contribution in [0.15, 0.2) is 30.3 Å². The molecule has 1 heterocycles. The molecule has 21 heavy (non-hydrogen) atoms. The van der Waals surface area contributed by atoms with E-state index in [1.165, 1.54) is 7.11 Å². The monoisotopic (exact) mass is 324 g/mol. The van der Waals surface area contributed by atoms with Gasteiger partial charge in [-0.1, -0.05) is 29.8 Å². The predicted molar refractivity (Wildman–Crippen MR) is 87.5 cm³/mol. The molecule has 0 amide bonds. The predicted octanol–water partition coefficient (Wildman–Crippen LogP) is 3.01. The summed E-state index contributed by atoms with van der Waals surface area (Å²) < 4.78 is 4.59. The number of carbonyl (C=O) groups is 1. The summed E-state index contributed by atoms with van der Waals surface area (Å²) in [6.45, 7) is 0. The second kappa shape index (κ2) is 7.64. The van der Waals surface area contributed by atoms with Crippen molar-refractivity contribution < 1.29 is 9.53 Å². The second-order valence-corrected chi connectivity index (χ2v) is 6.07. The summed E-state index contributed by atoms with van der Waals surface area (Å²) in [5.74, 6) is 1.13. The molecule has 0 fully saturated rings. The van der Waals surface area contributed by atoms with Crippen molar-refractivity contribution in [2.75, 3.05) is 12.9 Å². The van der Waals surface area contributed by atoms with Gasteiger partial charge in [0.1, 0.15) is 11.2 Å². The zero-order valence-corrected chi connectivity index (χ0v) is 13.3. The van der Waals surface area contributed by atoms with Gasteiger partial charge in [0.05, 0.1) is 12.6 Å². The number of rotatable bonds is 6. The van der Waals surface area contributed by atoms with E-state index in [4.69, 9.17) is 17.3 Å². The Morgan fingerprint density at radius 1 is 1.48 bits per heavy atom. The molecule has 2 rings (SSSR count). The van der Waals surface area contributed by atoms with Crippen molar-refractivity contribution in [1.82, 2.24) is 4.98 Å². The van der Waals surface area contributed by atoms with Crippen LogP contribution in [0.3, 0.4) is 0 Å². The van der Waals surface area contributed by atoms with Crippen LogP contribution in [0.2, 0.25) is 5.15 Å². The summed E-state index contributed by atoms with van der Waals surface area (Å²) in [4.78, 5) is 15.6. The maximum Gasteiger partial charge on any atom is 0.322 e. The maximum atomic E-state index is 11.2. The molecule has 1 aromatic carbocycles. The van der Waals surface area contributed by atoms with Gasteiger partial charge in [0.15, 0.2) is 0 Å². The molecule has 6 heteroatoms. The number of thioether (sulfide) groups is 1. The van der Waals surface area contributed by atoms with Crippen LogP contribution in [0.4, 0.5) is 0 Å². The lowest BCUT2D eigenvalue weighted by Gasteiger charge is -2.09. The van der Waals surface area contributed by atoms with Gasteiger partial charge in [-0.2, -0.15) is 11.8 Å². The number of hydrogen-bond donors (Lipinski definition) is 1. The van der Waals surface area contributed by atoms with E-state index in [9.17, 15) is 4.79 Å². The molecule has 112 valence electrons. The number of ether oxygens (including phenoxy) is 1. The highest BCUT2D eigenvalue weighted by molar-refractivity contribution is 7.98. The van der Waals surface area contributed by atoms with Gasteiger partial charge < -0.3 is 10.5 Å². The molecule has 2 N–H and O–H groups in total. The summed E-state index contributed by atoms with van der Waals surface area (Å²) in [5, 5.41) is 1.60. The third-order valence-electron chi connectivity index (χ3n) is 3.08. The van der Waals surface area contributed by atoms with Crippen molar-refractivity contribution in [2.24, 2.45) is 5.73 Å². The molecule has 0 saturated carbocycles. The fourth-order valence-electron chi connectivity index (χ4n) is 1.90. The molecule has 0 aliphatic carbocycles. The molecule has 0 aliphatic heterocycles. The van der Waals surface area contributed by atoms with Gasteiger partial charge >= 0.3 is 5.97 Å². The topological polar surface area (TPSA) is 65.2 Å². The van der Waals surface area contributed by atoms with Crippen molar-refractivity contribution in [1.29, 1.82) is 0 Å². The van der Waals surface area contributed by atoms with E-state index < -0.39 is 6.04 Å². The lowest BCUT2D eigenvalue weighted by atomic mass is 10.2. The fraction of sp³-hybridized carbons (Fsp3) is 0.333. The number of aromatic nitrogens is 1. The average Bonchev–Trinajstić information content (AvgIpc) is 2.50. The number of fused-ring (bicyclic) bond motifs is 1. The Labute approximate surface area is 133 Å². The van der Waals surface area contributed by atoms with Crippen molar-refractivity contribution in [3.05, 3.63) is 41.0 Å². The Morgan fingerprint density at radius 3 is 3.00 bits per heavy atom. The van der Waals surface area contributed by atoms with Crippen LogP contribution in [-0.4, -0.2) is 29.9 Å².